The molecule has 0 radical (unpaired) electrons. The molecule has 1 aliphatic heterocycles. The number of nitrogens with zero attached hydrogens (tertiary/aromatic N) is 2. The molecule has 1 saturated heterocycles. The van der Waals surface area contributed by atoms with Gasteiger partial charge in [-0.05, 0) is 19.1 Å². The number of methoxy groups -OCH3 is 1. The van der Waals surface area contributed by atoms with Crippen molar-refractivity contribution in [2.75, 3.05) is 45.6 Å². The maximum Gasteiger partial charge on any atom is 0.256 e. The van der Waals surface area contributed by atoms with Crippen LogP contribution < -0.4 is 5.73 Å². The molecule has 2 rings (SSSR count). The number of benzene rings is 1. The van der Waals surface area contributed by atoms with Crippen molar-refractivity contribution in [3.8, 4) is 0 Å². The van der Waals surface area contributed by atoms with Crippen LogP contribution in [0.2, 0.25) is 0 Å². The molecule has 0 bridgehead atoms. The molecular weight excluding hydrogens is 270 g/mol. The van der Waals surface area contributed by atoms with Gasteiger partial charge < -0.3 is 20.3 Å². The second-order valence-electron chi connectivity index (χ2n) is 5.20. The lowest BCUT2D eigenvalue weighted by molar-refractivity contribution is -0.136. The standard InChI is InChI=1S/C15H21N3O3/c1-11-3-4-13(16)12(9-11)15(20)18-7-5-17(6-8-18)14(19)10-21-2/h3-4,9H,5-8,10,16H2,1-2H3. The van der Waals surface area contributed by atoms with Crippen LogP contribution in [0.25, 0.3) is 0 Å². The minimum Gasteiger partial charge on any atom is -0.398 e. The van der Waals surface area contributed by atoms with Gasteiger partial charge >= 0.3 is 0 Å². The molecule has 6 nitrogen and oxygen atoms in total. The second-order valence-corrected chi connectivity index (χ2v) is 5.20. The van der Waals surface area contributed by atoms with E-state index in [9.17, 15) is 9.59 Å². The van der Waals surface area contributed by atoms with Crippen LogP contribution in [0.4, 0.5) is 5.69 Å². The number of hydrogen-bond donors (Lipinski definition) is 1. The molecule has 1 fully saturated rings. The third-order valence-corrected chi connectivity index (χ3v) is 3.63. The van der Waals surface area contributed by atoms with E-state index in [0.717, 1.165) is 5.56 Å². The smallest absolute Gasteiger partial charge is 0.256 e. The van der Waals surface area contributed by atoms with Crippen molar-refractivity contribution in [3.63, 3.8) is 0 Å². The summed E-state index contributed by atoms with van der Waals surface area (Å²) in [6.07, 6.45) is 0. The third kappa shape index (κ3) is 3.52. The summed E-state index contributed by atoms with van der Waals surface area (Å²) in [4.78, 5) is 27.7. The Morgan fingerprint density at radius 1 is 1.19 bits per heavy atom. The van der Waals surface area contributed by atoms with E-state index in [1.54, 1.807) is 21.9 Å². The Balaban J connectivity index is 2.00. The number of amides is 2. The molecule has 21 heavy (non-hydrogen) atoms. The molecule has 1 heterocycles. The highest BCUT2D eigenvalue weighted by molar-refractivity contribution is 5.99. The summed E-state index contributed by atoms with van der Waals surface area (Å²) in [5.41, 5.74) is 7.91. The summed E-state index contributed by atoms with van der Waals surface area (Å²) in [7, 11) is 1.50. The van der Waals surface area contributed by atoms with Crippen LogP contribution in [0.3, 0.4) is 0 Å². The maximum atomic E-state index is 12.5. The minimum absolute atomic E-state index is 0.0420. The molecular formula is C15H21N3O3. The fourth-order valence-electron chi connectivity index (χ4n) is 2.40. The molecule has 0 atom stereocenters. The lowest BCUT2D eigenvalue weighted by Gasteiger charge is -2.34. The summed E-state index contributed by atoms with van der Waals surface area (Å²) in [6.45, 7) is 4.10. The van der Waals surface area contributed by atoms with Gasteiger partial charge in [-0.25, -0.2) is 0 Å². The number of rotatable bonds is 3. The van der Waals surface area contributed by atoms with E-state index >= 15 is 0 Å². The van der Waals surface area contributed by atoms with Crippen molar-refractivity contribution >= 4 is 17.5 Å². The van der Waals surface area contributed by atoms with Gasteiger partial charge in [0.1, 0.15) is 6.61 Å². The minimum atomic E-state index is -0.0740. The molecule has 0 spiro atoms. The van der Waals surface area contributed by atoms with E-state index in [2.05, 4.69) is 0 Å². The Labute approximate surface area is 124 Å². The molecule has 0 aromatic heterocycles. The van der Waals surface area contributed by atoms with Crippen molar-refractivity contribution in [2.24, 2.45) is 0 Å². The van der Waals surface area contributed by atoms with Crippen LogP contribution in [0, 0.1) is 6.92 Å². The van der Waals surface area contributed by atoms with Crippen LogP contribution in [0.5, 0.6) is 0 Å². The molecule has 1 aromatic carbocycles. The van der Waals surface area contributed by atoms with Crippen LogP contribution >= 0.6 is 0 Å². The predicted octanol–water partition coefficient (Wildman–Crippen LogP) is 0.508. The number of carbonyl (C=O) groups excluding carboxylic acids is 2. The molecule has 0 unspecified atom stereocenters. The van der Waals surface area contributed by atoms with Crippen LogP contribution in [0.15, 0.2) is 18.2 Å². The number of aryl methyl sites for hydroxylation is 1. The van der Waals surface area contributed by atoms with Crippen molar-refractivity contribution in [1.82, 2.24) is 9.80 Å². The Kier molecular flexibility index (Phi) is 4.80. The van der Waals surface area contributed by atoms with Crippen molar-refractivity contribution in [2.45, 2.75) is 6.92 Å². The van der Waals surface area contributed by atoms with Crippen molar-refractivity contribution < 1.29 is 14.3 Å². The lowest BCUT2D eigenvalue weighted by atomic mass is 10.1. The highest BCUT2D eigenvalue weighted by atomic mass is 16.5. The zero-order chi connectivity index (χ0) is 15.4. The molecule has 114 valence electrons. The van der Waals surface area contributed by atoms with Gasteiger partial charge in [0, 0.05) is 39.0 Å². The molecule has 1 aliphatic rings. The zero-order valence-electron chi connectivity index (χ0n) is 12.5. The van der Waals surface area contributed by atoms with Gasteiger partial charge in [0.25, 0.3) is 5.91 Å². The van der Waals surface area contributed by atoms with Gasteiger partial charge in [-0.3, -0.25) is 9.59 Å². The topological polar surface area (TPSA) is 75.9 Å². The Hall–Kier alpha value is -2.08. The third-order valence-electron chi connectivity index (χ3n) is 3.63. The van der Waals surface area contributed by atoms with Gasteiger partial charge in [-0.2, -0.15) is 0 Å². The number of anilines is 1. The molecule has 0 aliphatic carbocycles. The number of ether oxygens (including phenoxy) is 1. The number of nitrogens with two attached hydrogens (primary N) is 1. The van der Waals surface area contributed by atoms with Crippen molar-refractivity contribution in [1.29, 1.82) is 0 Å². The first-order valence-corrected chi connectivity index (χ1v) is 6.95. The molecule has 0 saturated carbocycles. The summed E-state index contributed by atoms with van der Waals surface area (Å²) in [5.74, 6) is -0.116. The average molecular weight is 291 g/mol. The molecule has 1 aromatic rings. The summed E-state index contributed by atoms with van der Waals surface area (Å²) in [5, 5.41) is 0. The first kappa shape index (κ1) is 15.3. The average Bonchev–Trinajstić information content (AvgIpc) is 2.49. The number of piperazine rings is 1. The van der Waals surface area contributed by atoms with E-state index in [1.807, 2.05) is 13.0 Å². The Morgan fingerprint density at radius 2 is 1.81 bits per heavy atom. The zero-order valence-corrected chi connectivity index (χ0v) is 12.5. The quantitative estimate of drug-likeness (QED) is 0.823. The lowest BCUT2D eigenvalue weighted by Crippen LogP contribution is -2.51. The summed E-state index contributed by atoms with van der Waals surface area (Å²) in [6, 6.07) is 5.44. The van der Waals surface area contributed by atoms with Crippen LogP contribution in [-0.2, 0) is 9.53 Å². The first-order chi connectivity index (χ1) is 10.0. The summed E-state index contributed by atoms with van der Waals surface area (Å²) < 4.78 is 4.84. The predicted molar refractivity (Wildman–Crippen MR) is 80.0 cm³/mol. The highest BCUT2D eigenvalue weighted by Gasteiger charge is 2.25. The van der Waals surface area contributed by atoms with E-state index in [0.29, 0.717) is 37.4 Å². The van der Waals surface area contributed by atoms with Crippen molar-refractivity contribution in [3.05, 3.63) is 29.3 Å². The molecule has 2 amide bonds. The fourth-order valence-corrected chi connectivity index (χ4v) is 2.40. The molecule has 2 N–H and O–H groups in total. The van der Waals surface area contributed by atoms with Gasteiger partial charge in [-0.15, -0.1) is 0 Å². The number of hydrogen-bond acceptors (Lipinski definition) is 4. The van der Waals surface area contributed by atoms with Gasteiger partial charge in [0.15, 0.2) is 0 Å². The number of carbonyl (C=O) groups is 2. The first-order valence-electron chi connectivity index (χ1n) is 6.95. The fraction of sp³-hybridized carbons (Fsp3) is 0.467. The van der Waals surface area contributed by atoms with E-state index in [1.165, 1.54) is 7.11 Å². The van der Waals surface area contributed by atoms with E-state index in [-0.39, 0.29) is 18.4 Å². The SMILES string of the molecule is COCC(=O)N1CCN(C(=O)c2cc(C)ccc2N)CC1. The van der Waals surface area contributed by atoms with Gasteiger partial charge in [0.2, 0.25) is 5.91 Å². The van der Waals surface area contributed by atoms with Gasteiger partial charge in [-0.1, -0.05) is 11.6 Å². The van der Waals surface area contributed by atoms with Crippen LogP contribution in [-0.4, -0.2) is 61.5 Å². The highest BCUT2D eigenvalue weighted by Crippen LogP contribution is 2.17. The van der Waals surface area contributed by atoms with E-state index in [4.69, 9.17) is 10.5 Å². The maximum absolute atomic E-state index is 12.5. The number of nitrogen functional groups attached to an aromatic ring is 1. The normalized spacial score (nSPS) is 15.1. The Morgan fingerprint density at radius 3 is 2.43 bits per heavy atom. The monoisotopic (exact) mass is 291 g/mol. The van der Waals surface area contributed by atoms with E-state index < -0.39 is 0 Å². The van der Waals surface area contributed by atoms with Gasteiger partial charge in [0.05, 0.1) is 5.56 Å². The van der Waals surface area contributed by atoms with Crippen LogP contribution in [0.1, 0.15) is 15.9 Å². The molecule has 6 heteroatoms. The summed E-state index contributed by atoms with van der Waals surface area (Å²) >= 11 is 0. The largest absolute Gasteiger partial charge is 0.398 e. The Bertz CT molecular complexity index is 537. The second kappa shape index (κ2) is 6.58.